The van der Waals surface area contributed by atoms with Crippen LogP contribution in [0.4, 0.5) is 14.5 Å². The van der Waals surface area contributed by atoms with Crippen molar-refractivity contribution in [3.63, 3.8) is 0 Å². The van der Waals surface area contributed by atoms with E-state index in [1.807, 2.05) is 0 Å². The van der Waals surface area contributed by atoms with E-state index in [0.717, 1.165) is 18.2 Å². The molecule has 0 saturated carbocycles. The topological polar surface area (TPSA) is 92.3 Å². The summed E-state index contributed by atoms with van der Waals surface area (Å²) in [4.78, 5) is 24.5. The van der Waals surface area contributed by atoms with Crippen LogP contribution in [0.3, 0.4) is 0 Å². The number of rotatable bonds is 4. The molecule has 9 heteroatoms. The van der Waals surface area contributed by atoms with Crippen molar-refractivity contribution in [1.82, 2.24) is 5.32 Å². The van der Waals surface area contributed by atoms with Crippen LogP contribution in [0.25, 0.3) is 0 Å². The first-order valence-corrected chi connectivity index (χ1v) is 9.12. The molecule has 1 aliphatic rings. The zero-order valence-electron chi connectivity index (χ0n) is 13.2. The Labute approximate surface area is 138 Å². The van der Waals surface area contributed by atoms with Gasteiger partial charge in [0.2, 0.25) is 11.8 Å². The molecule has 1 aliphatic heterocycles. The number of carbonyl (C=O) groups is 2. The third-order valence-electron chi connectivity index (χ3n) is 3.90. The van der Waals surface area contributed by atoms with Crippen LogP contribution in [0.15, 0.2) is 18.2 Å². The van der Waals surface area contributed by atoms with E-state index < -0.39 is 50.4 Å². The summed E-state index contributed by atoms with van der Waals surface area (Å²) in [5.74, 6) is -3.73. The van der Waals surface area contributed by atoms with Crippen LogP contribution in [-0.2, 0) is 19.4 Å². The second kappa shape index (κ2) is 6.46. The zero-order valence-corrected chi connectivity index (χ0v) is 14.0. The summed E-state index contributed by atoms with van der Waals surface area (Å²) in [6.45, 7) is 2.58. The van der Waals surface area contributed by atoms with Gasteiger partial charge in [0, 0.05) is 6.04 Å². The van der Waals surface area contributed by atoms with Crippen LogP contribution in [-0.4, -0.2) is 37.8 Å². The van der Waals surface area contributed by atoms with Crippen molar-refractivity contribution in [2.45, 2.75) is 26.3 Å². The highest BCUT2D eigenvalue weighted by Crippen LogP contribution is 2.24. The summed E-state index contributed by atoms with van der Waals surface area (Å²) >= 11 is 0. The Morgan fingerprint density at radius 3 is 2.25 bits per heavy atom. The minimum Gasteiger partial charge on any atom is -0.351 e. The number of carbonyl (C=O) groups excluding carboxylic acids is 2. The van der Waals surface area contributed by atoms with Crippen molar-refractivity contribution in [3.05, 3.63) is 29.8 Å². The maximum atomic E-state index is 13.6. The maximum Gasteiger partial charge on any atom is 0.239 e. The number of amides is 2. The molecule has 0 radical (unpaired) electrons. The average molecular weight is 360 g/mol. The fourth-order valence-corrected chi connectivity index (χ4v) is 3.94. The predicted octanol–water partition coefficient (Wildman–Crippen LogP) is 1.23. The summed E-state index contributed by atoms with van der Waals surface area (Å²) in [7, 11) is -3.18. The van der Waals surface area contributed by atoms with E-state index >= 15 is 0 Å². The normalized spacial score (nSPS) is 19.8. The number of sulfone groups is 1. The van der Waals surface area contributed by atoms with Crippen molar-refractivity contribution in [2.24, 2.45) is 5.41 Å². The summed E-state index contributed by atoms with van der Waals surface area (Å²) in [5, 5.41) is 4.58. The smallest absolute Gasteiger partial charge is 0.239 e. The summed E-state index contributed by atoms with van der Waals surface area (Å²) < 4.78 is 50.0. The van der Waals surface area contributed by atoms with E-state index in [2.05, 4.69) is 10.6 Å². The lowest BCUT2D eigenvalue weighted by molar-refractivity contribution is -0.138. The first kappa shape index (κ1) is 18.3. The lowest BCUT2D eigenvalue weighted by Crippen LogP contribution is -2.49. The fourth-order valence-electron chi connectivity index (χ4n) is 2.26. The lowest BCUT2D eigenvalue weighted by Gasteiger charge is -2.24. The first-order valence-electron chi connectivity index (χ1n) is 7.30. The number of nitrogens with one attached hydrogen (secondary N) is 2. The van der Waals surface area contributed by atoms with Crippen molar-refractivity contribution in [2.75, 3.05) is 16.8 Å². The molecule has 1 saturated heterocycles. The molecule has 132 valence electrons. The van der Waals surface area contributed by atoms with Crippen LogP contribution in [0.5, 0.6) is 0 Å². The van der Waals surface area contributed by atoms with Gasteiger partial charge in [-0.05, 0) is 32.4 Å². The second-order valence-electron chi connectivity index (χ2n) is 6.25. The SMILES string of the molecule is CC(C)(C(=O)Nc1c(F)cccc1F)C(=O)NC1CCS(=O)(=O)C1. The summed E-state index contributed by atoms with van der Waals surface area (Å²) in [5.41, 5.74) is -2.27. The van der Waals surface area contributed by atoms with Gasteiger partial charge in [-0.3, -0.25) is 9.59 Å². The molecule has 2 N–H and O–H groups in total. The number of benzene rings is 1. The summed E-state index contributed by atoms with van der Waals surface area (Å²) in [6.07, 6.45) is 0.272. The van der Waals surface area contributed by atoms with Crippen molar-refractivity contribution in [1.29, 1.82) is 0 Å². The Morgan fingerprint density at radius 2 is 1.75 bits per heavy atom. The monoisotopic (exact) mass is 360 g/mol. The molecule has 1 aromatic carbocycles. The van der Waals surface area contributed by atoms with E-state index in [1.54, 1.807) is 0 Å². The molecular weight excluding hydrogens is 342 g/mol. The number of hydrogen-bond donors (Lipinski definition) is 2. The van der Waals surface area contributed by atoms with Crippen molar-refractivity contribution < 1.29 is 26.8 Å². The summed E-state index contributed by atoms with van der Waals surface area (Å²) in [6, 6.07) is 2.54. The van der Waals surface area contributed by atoms with Gasteiger partial charge in [0.1, 0.15) is 22.7 Å². The van der Waals surface area contributed by atoms with Crippen molar-refractivity contribution >= 4 is 27.3 Å². The molecule has 6 nitrogen and oxygen atoms in total. The standard InChI is InChI=1S/C15H18F2N2O4S/c1-15(2,13(20)18-9-6-7-24(22,23)8-9)14(21)19-12-10(16)4-3-5-11(12)17/h3-5,9H,6-8H2,1-2H3,(H,18,20)(H,19,21). The molecule has 1 unspecified atom stereocenters. The Kier molecular flexibility index (Phi) is 4.93. The predicted molar refractivity (Wildman–Crippen MR) is 84.0 cm³/mol. The van der Waals surface area contributed by atoms with E-state index in [1.165, 1.54) is 13.8 Å². The molecule has 0 aromatic heterocycles. The molecule has 0 spiro atoms. The van der Waals surface area contributed by atoms with Gasteiger partial charge in [0.15, 0.2) is 9.84 Å². The molecule has 1 fully saturated rings. The highest BCUT2D eigenvalue weighted by molar-refractivity contribution is 7.91. The Hall–Kier alpha value is -2.03. The highest BCUT2D eigenvalue weighted by atomic mass is 32.2. The average Bonchev–Trinajstić information content (AvgIpc) is 2.81. The Bertz CT molecular complexity index is 757. The molecule has 1 aromatic rings. The van der Waals surface area contributed by atoms with E-state index in [9.17, 15) is 26.8 Å². The quantitative estimate of drug-likeness (QED) is 0.790. The zero-order chi connectivity index (χ0) is 18.1. The van der Waals surface area contributed by atoms with Gasteiger partial charge < -0.3 is 10.6 Å². The maximum absolute atomic E-state index is 13.6. The van der Waals surface area contributed by atoms with Gasteiger partial charge in [-0.1, -0.05) is 6.07 Å². The number of para-hydroxylation sites is 1. The molecule has 0 bridgehead atoms. The fraction of sp³-hybridized carbons (Fsp3) is 0.467. The second-order valence-corrected chi connectivity index (χ2v) is 8.48. The van der Waals surface area contributed by atoms with Crippen LogP contribution in [0.1, 0.15) is 20.3 Å². The molecule has 24 heavy (non-hydrogen) atoms. The van der Waals surface area contributed by atoms with Gasteiger partial charge in [-0.15, -0.1) is 0 Å². The van der Waals surface area contributed by atoms with Crippen LogP contribution in [0.2, 0.25) is 0 Å². The minimum absolute atomic E-state index is 0.0228. The number of hydrogen-bond acceptors (Lipinski definition) is 4. The first-order chi connectivity index (χ1) is 11.0. The van der Waals surface area contributed by atoms with Gasteiger partial charge >= 0.3 is 0 Å². The minimum atomic E-state index is -3.18. The molecule has 2 rings (SSSR count). The van der Waals surface area contributed by atoms with Crippen LogP contribution in [0, 0.1) is 17.0 Å². The Morgan fingerprint density at radius 1 is 1.17 bits per heavy atom. The molecule has 2 amide bonds. The van der Waals surface area contributed by atoms with E-state index in [0.29, 0.717) is 0 Å². The van der Waals surface area contributed by atoms with Crippen LogP contribution >= 0.6 is 0 Å². The lowest BCUT2D eigenvalue weighted by atomic mass is 9.90. The molecule has 0 aliphatic carbocycles. The molecular formula is C15H18F2N2O4S. The Balaban J connectivity index is 2.08. The number of anilines is 1. The van der Waals surface area contributed by atoms with Gasteiger partial charge in [0.05, 0.1) is 11.5 Å². The number of halogens is 2. The third kappa shape index (κ3) is 3.89. The molecule has 1 heterocycles. The van der Waals surface area contributed by atoms with E-state index in [-0.39, 0.29) is 17.9 Å². The highest BCUT2D eigenvalue weighted by Gasteiger charge is 2.39. The molecule has 1 atom stereocenters. The van der Waals surface area contributed by atoms with Crippen LogP contribution < -0.4 is 10.6 Å². The van der Waals surface area contributed by atoms with Gasteiger partial charge in [0.25, 0.3) is 0 Å². The third-order valence-corrected chi connectivity index (χ3v) is 5.67. The van der Waals surface area contributed by atoms with E-state index in [4.69, 9.17) is 0 Å². The van der Waals surface area contributed by atoms with Gasteiger partial charge in [-0.25, -0.2) is 17.2 Å². The largest absolute Gasteiger partial charge is 0.351 e. The van der Waals surface area contributed by atoms with Crippen molar-refractivity contribution in [3.8, 4) is 0 Å². The van der Waals surface area contributed by atoms with Gasteiger partial charge in [-0.2, -0.15) is 0 Å².